The van der Waals surface area contributed by atoms with Gasteiger partial charge in [0, 0.05) is 5.56 Å². The van der Waals surface area contributed by atoms with Gasteiger partial charge in [-0.15, -0.1) is 0 Å². The molecule has 0 heterocycles. The van der Waals surface area contributed by atoms with Crippen molar-refractivity contribution in [3.05, 3.63) is 70.5 Å². The SMILES string of the molecule is O=C(O)c1ccc2c(c1)[C@H](NC(=O)C1(c3ccccc3F)CCCC1)CC2. The number of nitrogens with one attached hydrogen (secondary N) is 1. The number of rotatable bonds is 4. The van der Waals surface area contributed by atoms with Crippen LogP contribution >= 0.6 is 0 Å². The first-order valence-corrected chi connectivity index (χ1v) is 9.43. The molecule has 4 rings (SSSR count). The molecule has 2 N–H and O–H groups in total. The van der Waals surface area contributed by atoms with Gasteiger partial charge in [0.05, 0.1) is 17.0 Å². The lowest BCUT2D eigenvalue weighted by Gasteiger charge is -2.30. The van der Waals surface area contributed by atoms with E-state index in [9.17, 15) is 19.1 Å². The minimum Gasteiger partial charge on any atom is -0.478 e. The van der Waals surface area contributed by atoms with Crippen LogP contribution in [-0.4, -0.2) is 17.0 Å². The average molecular weight is 367 g/mol. The smallest absolute Gasteiger partial charge is 0.335 e. The van der Waals surface area contributed by atoms with Crippen molar-refractivity contribution in [1.82, 2.24) is 5.32 Å². The third-order valence-electron chi connectivity index (χ3n) is 6.06. The van der Waals surface area contributed by atoms with Gasteiger partial charge in [0.1, 0.15) is 5.82 Å². The van der Waals surface area contributed by atoms with Crippen molar-refractivity contribution >= 4 is 11.9 Å². The molecule has 140 valence electrons. The fourth-order valence-corrected chi connectivity index (χ4v) is 4.63. The monoisotopic (exact) mass is 367 g/mol. The Morgan fingerprint density at radius 3 is 2.56 bits per heavy atom. The second kappa shape index (κ2) is 6.80. The zero-order chi connectivity index (χ0) is 19.0. The van der Waals surface area contributed by atoms with Gasteiger partial charge < -0.3 is 10.4 Å². The summed E-state index contributed by atoms with van der Waals surface area (Å²) in [6.07, 6.45) is 4.59. The van der Waals surface area contributed by atoms with E-state index in [0.29, 0.717) is 18.4 Å². The van der Waals surface area contributed by atoms with E-state index in [1.807, 2.05) is 6.07 Å². The van der Waals surface area contributed by atoms with Crippen LogP contribution in [0, 0.1) is 5.82 Å². The van der Waals surface area contributed by atoms with Gasteiger partial charge in [-0.25, -0.2) is 9.18 Å². The number of aryl methyl sites for hydroxylation is 1. The lowest BCUT2D eigenvalue weighted by molar-refractivity contribution is -0.127. The van der Waals surface area contributed by atoms with E-state index in [0.717, 1.165) is 36.8 Å². The van der Waals surface area contributed by atoms with Crippen molar-refractivity contribution in [2.24, 2.45) is 0 Å². The maximum atomic E-state index is 14.5. The molecular formula is C22H22FNO3. The van der Waals surface area contributed by atoms with E-state index < -0.39 is 11.4 Å². The summed E-state index contributed by atoms with van der Waals surface area (Å²) in [5, 5.41) is 12.4. The van der Waals surface area contributed by atoms with Gasteiger partial charge in [-0.3, -0.25) is 4.79 Å². The van der Waals surface area contributed by atoms with Crippen molar-refractivity contribution in [3.8, 4) is 0 Å². The lowest BCUT2D eigenvalue weighted by atomic mass is 9.77. The third kappa shape index (κ3) is 3.01. The van der Waals surface area contributed by atoms with Crippen molar-refractivity contribution in [3.63, 3.8) is 0 Å². The highest BCUT2D eigenvalue weighted by atomic mass is 19.1. The average Bonchev–Trinajstić information content (AvgIpc) is 3.30. The number of carboxylic acids is 1. The van der Waals surface area contributed by atoms with E-state index in [1.165, 1.54) is 6.07 Å². The number of fused-ring (bicyclic) bond motifs is 1. The summed E-state index contributed by atoms with van der Waals surface area (Å²) in [4.78, 5) is 24.6. The number of amides is 1. The van der Waals surface area contributed by atoms with Crippen LogP contribution in [0.5, 0.6) is 0 Å². The number of carbonyl (C=O) groups is 2. The Morgan fingerprint density at radius 2 is 1.85 bits per heavy atom. The molecule has 2 aromatic carbocycles. The molecule has 0 aromatic heterocycles. The van der Waals surface area contributed by atoms with E-state index in [4.69, 9.17) is 0 Å². The van der Waals surface area contributed by atoms with Crippen LogP contribution in [0.2, 0.25) is 0 Å². The molecule has 1 amide bonds. The normalized spacial score (nSPS) is 20.3. The molecule has 0 unspecified atom stereocenters. The van der Waals surface area contributed by atoms with Crippen LogP contribution in [0.3, 0.4) is 0 Å². The van der Waals surface area contributed by atoms with Crippen LogP contribution < -0.4 is 5.32 Å². The Morgan fingerprint density at radius 1 is 1.11 bits per heavy atom. The van der Waals surface area contributed by atoms with Crippen molar-refractivity contribution in [2.75, 3.05) is 0 Å². The standard InChI is InChI=1S/C22H22FNO3/c23-18-6-2-1-5-17(18)22(11-3-4-12-22)21(27)24-19-10-9-14-7-8-15(20(25)26)13-16(14)19/h1-2,5-8,13,19H,3-4,9-12H2,(H,24,27)(H,25,26)/t19-/m1/s1. The number of carbonyl (C=O) groups excluding carboxylic acids is 1. The van der Waals surface area contributed by atoms with Crippen LogP contribution in [-0.2, 0) is 16.6 Å². The summed E-state index contributed by atoms with van der Waals surface area (Å²) < 4.78 is 14.5. The largest absolute Gasteiger partial charge is 0.478 e. The molecule has 1 saturated carbocycles. The van der Waals surface area contributed by atoms with Gasteiger partial charge in [0.2, 0.25) is 5.91 Å². The first-order chi connectivity index (χ1) is 13.0. The zero-order valence-electron chi connectivity index (χ0n) is 15.0. The summed E-state index contributed by atoms with van der Waals surface area (Å²) in [5.74, 6) is -1.47. The summed E-state index contributed by atoms with van der Waals surface area (Å²) >= 11 is 0. The second-order valence-corrected chi connectivity index (χ2v) is 7.55. The molecule has 0 spiro atoms. The van der Waals surface area contributed by atoms with Crippen LogP contribution in [0.25, 0.3) is 0 Å². The van der Waals surface area contributed by atoms with Gasteiger partial charge in [-0.05, 0) is 55.0 Å². The van der Waals surface area contributed by atoms with E-state index in [2.05, 4.69) is 5.32 Å². The van der Waals surface area contributed by atoms with Crippen LogP contribution in [0.15, 0.2) is 42.5 Å². The number of carboxylic acid groups (broad SMARTS) is 1. The molecule has 27 heavy (non-hydrogen) atoms. The molecule has 0 saturated heterocycles. The fraction of sp³-hybridized carbons (Fsp3) is 0.364. The summed E-state index contributed by atoms with van der Waals surface area (Å²) in [5.41, 5.74) is 1.79. The third-order valence-corrected chi connectivity index (χ3v) is 6.06. The van der Waals surface area contributed by atoms with E-state index >= 15 is 0 Å². The maximum absolute atomic E-state index is 14.5. The molecule has 5 heteroatoms. The highest BCUT2D eigenvalue weighted by Crippen LogP contribution is 2.43. The van der Waals surface area contributed by atoms with Crippen molar-refractivity contribution in [1.29, 1.82) is 0 Å². The highest BCUT2D eigenvalue weighted by molar-refractivity contribution is 5.90. The molecule has 4 nitrogen and oxygen atoms in total. The molecule has 0 bridgehead atoms. The van der Waals surface area contributed by atoms with Crippen molar-refractivity contribution < 1.29 is 19.1 Å². The number of benzene rings is 2. The minimum atomic E-state index is -0.978. The Bertz CT molecular complexity index is 902. The Kier molecular flexibility index (Phi) is 4.46. The molecular weight excluding hydrogens is 345 g/mol. The summed E-state index contributed by atoms with van der Waals surface area (Å²) in [6, 6.07) is 11.4. The van der Waals surface area contributed by atoms with Gasteiger partial charge >= 0.3 is 5.97 Å². The zero-order valence-corrected chi connectivity index (χ0v) is 15.0. The lowest BCUT2D eigenvalue weighted by Crippen LogP contribution is -2.44. The molecule has 2 aliphatic carbocycles. The number of halogens is 1. The van der Waals surface area contributed by atoms with E-state index in [1.54, 1.807) is 30.3 Å². The Labute approximate surface area is 157 Å². The molecule has 2 aliphatic rings. The van der Waals surface area contributed by atoms with Gasteiger partial charge in [0.25, 0.3) is 0 Å². The molecule has 1 fully saturated rings. The first kappa shape index (κ1) is 17.7. The van der Waals surface area contributed by atoms with Crippen LogP contribution in [0.1, 0.15) is 65.2 Å². The second-order valence-electron chi connectivity index (χ2n) is 7.55. The highest BCUT2D eigenvalue weighted by Gasteiger charge is 2.45. The topological polar surface area (TPSA) is 66.4 Å². The van der Waals surface area contributed by atoms with Gasteiger partial charge in [0.15, 0.2) is 0 Å². The minimum absolute atomic E-state index is 0.149. The maximum Gasteiger partial charge on any atom is 0.335 e. The first-order valence-electron chi connectivity index (χ1n) is 9.43. The number of aromatic carboxylic acids is 1. The van der Waals surface area contributed by atoms with Gasteiger partial charge in [-0.1, -0.05) is 37.1 Å². The predicted octanol–water partition coefficient (Wildman–Crippen LogP) is 4.14. The molecule has 0 aliphatic heterocycles. The Hall–Kier alpha value is -2.69. The van der Waals surface area contributed by atoms with E-state index in [-0.39, 0.29) is 23.3 Å². The summed E-state index contributed by atoms with van der Waals surface area (Å²) in [6.45, 7) is 0. The fourth-order valence-electron chi connectivity index (χ4n) is 4.63. The number of hydrogen-bond donors (Lipinski definition) is 2. The number of hydrogen-bond acceptors (Lipinski definition) is 2. The predicted molar refractivity (Wildman–Crippen MR) is 99.2 cm³/mol. The molecule has 0 radical (unpaired) electrons. The van der Waals surface area contributed by atoms with Gasteiger partial charge in [-0.2, -0.15) is 0 Å². The Balaban J connectivity index is 1.64. The van der Waals surface area contributed by atoms with Crippen molar-refractivity contribution in [2.45, 2.75) is 50.0 Å². The molecule has 1 atom stereocenters. The quantitative estimate of drug-likeness (QED) is 0.853. The van der Waals surface area contributed by atoms with Crippen LogP contribution in [0.4, 0.5) is 4.39 Å². The summed E-state index contributed by atoms with van der Waals surface area (Å²) in [7, 11) is 0. The molecule has 2 aromatic rings.